The van der Waals surface area contributed by atoms with E-state index in [0.717, 1.165) is 24.4 Å². The molecule has 90 valence electrons. The highest BCUT2D eigenvalue weighted by atomic mass is 19.3. The van der Waals surface area contributed by atoms with Crippen LogP contribution in [0.25, 0.3) is 0 Å². The lowest BCUT2D eigenvalue weighted by molar-refractivity contribution is 0.0430. The number of aryl methyl sites for hydroxylation is 2. The van der Waals surface area contributed by atoms with Crippen molar-refractivity contribution in [1.29, 1.82) is 0 Å². The second kappa shape index (κ2) is 4.49. The van der Waals surface area contributed by atoms with Crippen LogP contribution in [0.3, 0.4) is 0 Å². The van der Waals surface area contributed by atoms with Gasteiger partial charge in [-0.1, -0.05) is 0 Å². The van der Waals surface area contributed by atoms with E-state index < -0.39 is 12.5 Å². The number of nitrogens with zero attached hydrogens (tertiary/aromatic N) is 3. The molecule has 0 unspecified atom stereocenters. The SMILES string of the molecule is Cc1cc(CN2CCC[C@@H]2C(F)F)n(C)n1. The topological polar surface area (TPSA) is 21.1 Å². The molecule has 1 aromatic rings. The van der Waals surface area contributed by atoms with Crippen LogP contribution in [0.5, 0.6) is 0 Å². The molecule has 0 amide bonds. The first kappa shape index (κ1) is 11.5. The number of likely N-dealkylation sites (tertiary alicyclic amines) is 1. The Hall–Kier alpha value is -0.970. The van der Waals surface area contributed by atoms with Crippen LogP contribution in [0.15, 0.2) is 6.07 Å². The normalized spacial score (nSPS) is 22.2. The van der Waals surface area contributed by atoms with E-state index in [0.29, 0.717) is 13.0 Å². The summed E-state index contributed by atoms with van der Waals surface area (Å²) in [4.78, 5) is 1.86. The Kier molecular flexibility index (Phi) is 3.23. The van der Waals surface area contributed by atoms with Gasteiger partial charge in [0.15, 0.2) is 0 Å². The first-order chi connectivity index (χ1) is 7.58. The molecule has 0 aromatic carbocycles. The van der Waals surface area contributed by atoms with Gasteiger partial charge >= 0.3 is 0 Å². The standard InChI is InChI=1S/C11H17F2N3/c1-8-6-9(15(2)14-8)7-16-5-3-4-10(16)11(12)13/h6,10-11H,3-5,7H2,1-2H3/t10-/m1/s1. The molecule has 0 saturated carbocycles. The number of alkyl halides is 2. The van der Waals surface area contributed by atoms with Crippen LogP contribution < -0.4 is 0 Å². The lowest BCUT2D eigenvalue weighted by Gasteiger charge is -2.23. The van der Waals surface area contributed by atoms with Gasteiger partial charge in [0.25, 0.3) is 6.43 Å². The van der Waals surface area contributed by atoms with Crippen LogP contribution in [-0.2, 0) is 13.6 Å². The molecule has 1 aliphatic heterocycles. The van der Waals surface area contributed by atoms with Crippen molar-refractivity contribution in [3.8, 4) is 0 Å². The largest absolute Gasteiger partial charge is 0.289 e. The lowest BCUT2D eigenvalue weighted by Crippen LogP contribution is -2.34. The van der Waals surface area contributed by atoms with Gasteiger partial charge in [0.2, 0.25) is 0 Å². The number of halogens is 2. The summed E-state index contributed by atoms with van der Waals surface area (Å²) in [6, 6.07) is 1.39. The zero-order valence-corrected chi connectivity index (χ0v) is 9.66. The van der Waals surface area contributed by atoms with Gasteiger partial charge in [-0.3, -0.25) is 9.58 Å². The molecule has 2 heterocycles. The zero-order valence-electron chi connectivity index (χ0n) is 9.66. The number of aromatic nitrogens is 2. The molecule has 1 aliphatic rings. The molecule has 0 bridgehead atoms. The molecule has 3 nitrogen and oxygen atoms in total. The van der Waals surface area contributed by atoms with Crippen molar-refractivity contribution >= 4 is 0 Å². The first-order valence-corrected chi connectivity index (χ1v) is 5.59. The van der Waals surface area contributed by atoms with Crippen LogP contribution in [-0.4, -0.2) is 33.7 Å². The Morgan fingerprint density at radius 2 is 2.31 bits per heavy atom. The zero-order chi connectivity index (χ0) is 11.7. The minimum Gasteiger partial charge on any atom is -0.289 e. The van der Waals surface area contributed by atoms with Gasteiger partial charge in [0.1, 0.15) is 0 Å². The van der Waals surface area contributed by atoms with Gasteiger partial charge in [-0.15, -0.1) is 0 Å². The predicted octanol–water partition coefficient (Wildman–Crippen LogP) is 1.96. The smallest absolute Gasteiger partial charge is 0.253 e. The molecule has 1 atom stereocenters. The highest BCUT2D eigenvalue weighted by Gasteiger charge is 2.32. The monoisotopic (exact) mass is 229 g/mol. The fourth-order valence-corrected chi connectivity index (χ4v) is 2.35. The van der Waals surface area contributed by atoms with E-state index in [9.17, 15) is 8.78 Å². The molecular formula is C11H17F2N3. The minimum atomic E-state index is -2.24. The van der Waals surface area contributed by atoms with Gasteiger partial charge in [0, 0.05) is 13.6 Å². The third-order valence-corrected chi connectivity index (χ3v) is 3.17. The van der Waals surface area contributed by atoms with Gasteiger partial charge < -0.3 is 0 Å². The fraction of sp³-hybridized carbons (Fsp3) is 0.727. The molecule has 0 spiro atoms. The van der Waals surface area contributed by atoms with E-state index in [1.54, 1.807) is 4.68 Å². The quantitative estimate of drug-likeness (QED) is 0.790. The maximum Gasteiger partial charge on any atom is 0.253 e. The van der Waals surface area contributed by atoms with E-state index in [1.165, 1.54) is 0 Å². The lowest BCUT2D eigenvalue weighted by atomic mass is 10.2. The molecule has 1 fully saturated rings. The van der Waals surface area contributed by atoms with Gasteiger partial charge in [-0.2, -0.15) is 5.10 Å². The number of hydrogen-bond donors (Lipinski definition) is 0. The van der Waals surface area contributed by atoms with Crippen molar-refractivity contribution < 1.29 is 8.78 Å². The third-order valence-electron chi connectivity index (χ3n) is 3.17. The maximum atomic E-state index is 12.7. The summed E-state index contributed by atoms with van der Waals surface area (Å²) in [6.45, 7) is 3.25. The Morgan fingerprint density at radius 1 is 1.56 bits per heavy atom. The fourth-order valence-electron chi connectivity index (χ4n) is 2.35. The van der Waals surface area contributed by atoms with E-state index in [-0.39, 0.29) is 0 Å². The maximum absolute atomic E-state index is 12.7. The average molecular weight is 229 g/mol. The Morgan fingerprint density at radius 3 is 2.88 bits per heavy atom. The van der Waals surface area contributed by atoms with Gasteiger partial charge in [-0.05, 0) is 32.4 Å². The second-order valence-electron chi connectivity index (χ2n) is 4.42. The van der Waals surface area contributed by atoms with Gasteiger partial charge in [0.05, 0.1) is 17.4 Å². The number of hydrogen-bond acceptors (Lipinski definition) is 2. The predicted molar refractivity (Wildman–Crippen MR) is 57.4 cm³/mol. The molecule has 0 N–H and O–H groups in total. The minimum absolute atomic E-state index is 0.574. The molecular weight excluding hydrogens is 212 g/mol. The molecule has 5 heteroatoms. The molecule has 2 rings (SSSR count). The van der Waals surface area contributed by atoms with E-state index in [2.05, 4.69) is 5.10 Å². The van der Waals surface area contributed by atoms with Crippen molar-refractivity contribution in [3.63, 3.8) is 0 Å². The van der Waals surface area contributed by atoms with E-state index >= 15 is 0 Å². The van der Waals surface area contributed by atoms with Crippen LogP contribution in [0.2, 0.25) is 0 Å². The summed E-state index contributed by atoms with van der Waals surface area (Å²) < 4.78 is 27.2. The third kappa shape index (κ3) is 2.24. The van der Waals surface area contributed by atoms with Crippen LogP contribution >= 0.6 is 0 Å². The van der Waals surface area contributed by atoms with Gasteiger partial charge in [-0.25, -0.2) is 8.78 Å². The van der Waals surface area contributed by atoms with Crippen molar-refractivity contribution in [2.45, 2.75) is 38.8 Å². The van der Waals surface area contributed by atoms with Crippen LogP contribution in [0, 0.1) is 6.92 Å². The molecule has 1 aromatic heterocycles. The van der Waals surface area contributed by atoms with Crippen molar-refractivity contribution in [1.82, 2.24) is 14.7 Å². The summed E-state index contributed by atoms with van der Waals surface area (Å²) in [7, 11) is 1.86. The summed E-state index contributed by atoms with van der Waals surface area (Å²) in [6.07, 6.45) is -0.766. The van der Waals surface area contributed by atoms with E-state index in [4.69, 9.17) is 0 Å². The first-order valence-electron chi connectivity index (χ1n) is 5.59. The van der Waals surface area contributed by atoms with Crippen molar-refractivity contribution in [2.24, 2.45) is 7.05 Å². The van der Waals surface area contributed by atoms with Crippen molar-refractivity contribution in [3.05, 3.63) is 17.5 Å². The van der Waals surface area contributed by atoms with Crippen LogP contribution in [0.4, 0.5) is 8.78 Å². The molecule has 0 radical (unpaired) electrons. The van der Waals surface area contributed by atoms with Crippen molar-refractivity contribution in [2.75, 3.05) is 6.54 Å². The summed E-state index contributed by atoms with van der Waals surface area (Å²) in [5, 5.41) is 4.23. The number of rotatable bonds is 3. The highest BCUT2D eigenvalue weighted by molar-refractivity contribution is 5.09. The molecule has 16 heavy (non-hydrogen) atoms. The summed E-state index contributed by atoms with van der Waals surface area (Å²) in [5.41, 5.74) is 1.94. The molecule has 0 aliphatic carbocycles. The molecule has 1 saturated heterocycles. The Labute approximate surface area is 94.0 Å². The Balaban J connectivity index is 2.06. The van der Waals surface area contributed by atoms with E-state index in [1.807, 2.05) is 24.9 Å². The second-order valence-corrected chi connectivity index (χ2v) is 4.42. The summed E-state index contributed by atoms with van der Waals surface area (Å²) >= 11 is 0. The Bertz CT molecular complexity index is 362. The van der Waals surface area contributed by atoms with Crippen LogP contribution in [0.1, 0.15) is 24.2 Å². The average Bonchev–Trinajstić information content (AvgIpc) is 2.75. The summed E-state index contributed by atoms with van der Waals surface area (Å²) in [5.74, 6) is 0. The highest BCUT2D eigenvalue weighted by Crippen LogP contribution is 2.24.